The third-order valence-corrected chi connectivity index (χ3v) is 4.95. The quantitative estimate of drug-likeness (QED) is 0.487. The third-order valence-electron chi connectivity index (χ3n) is 2.58. The van der Waals surface area contributed by atoms with Crippen LogP contribution < -0.4 is 0 Å². The van der Waals surface area contributed by atoms with Crippen molar-refractivity contribution in [3.05, 3.63) is 54.6 Å². The molecule has 0 bridgehead atoms. The van der Waals surface area contributed by atoms with E-state index in [0.29, 0.717) is 0 Å². The fourth-order valence-corrected chi connectivity index (χ4v) is 3.80. The summed E-state index contributed by atoms with van der Waals surface area (Å²) in [5, 5.41) is 0. The number of rotatable bonds is 6. The van der Waals surface area contributed by atoms with Crippen molar-refractivity contribution in [1.29, 1.82) is 0 Å². The van der Waals surface area contributed by atoms with Crippen LogP contribution in [-0.4, -0.2) is 5.75 Å². The number of unbranched alkanes of at least 4 members (excludes halogenated alkanes) is 1. The van der Waals surface area contributed by atoms with Crippen LogP contribution in [0.2, 0.25) is 0 Å². The van der Waals surface area contributed by atoms with E-state index < -0.39 is 0 Å². The highest BCUT2D eigenvalue weighted by molar-refractivity contribution is 8.02. The van der Waals surface area contributed by atoms with E-state index >= 15 is 0 Å². The summed E-state index contributed by atoms with van der Waals surface area (Å²) in [7, 11) is 0. The van der Waals surface area contributed by atoms with Crippen LogP contribution in [0.25, 0.3) is 0 Å². The van der Waals surface area contributed by atoms with Crippen LogP contribution in [-0.2, 0) is 0 Å². The van der Waals surface area contributed by atoms with Crippen LogP contribution in [0.4, 0.5) is 0 Å². The molecule has 2 aromatic rings. The van der Waals surface area contributed by atoms with E-state index in [1.54, 1.807) is 0 Å². The van der Waals surface area contributed by atoms with Gasteiger partial charge in [-0.15, -0.1) is 11.8 Å². The average Bonchev–Trinajstić information content (AvgIpc) is 2.42. The predicted molar refractivity (Wildman–Crippen MR) is 82.6 cm³/mol. The van der Waals surface area contributed by atoms with Gasteiger partial charge in [0.1, 0.15) is 0 Å². The van der Waals surface area contributed by atoms with Crippen molar-refractivity contribution in [3.63, 3.8) is 0 Å². The Balaban J connectivity index is 2.07. The van der Waals surface area contributed by atoms with Crippen LogP contribution in [0, 0.1) is 0 Å². The van der Waals surface area contributed by atoms with E-state index in [9.17, 15) is 0 Å². The second-order valence-corrected chi connectivity index (χ2v) is 6.32. The van der Waals surface area contributed by atoms with Gasteiger partial charge in [0.15, 0.2) is 0 Å². The molecule has 0 radical (unpaired) electrons. The number of thioether (sulfide) groups is 1. The highest BCUT2D eigenvalue weighted by Gasteiger charge is 2.03. The maximum atomic E-state index is 2.24. The van der Waals surface area contributed by atoms with Gasteiger partial charge in [-0.3, -0.25) is 0 Å². The van der Waals surface area contributed by atoms with Gasteiger partial charge in [-0.05, 0) is 36.4 Å². The Morgan fingerprint density at radius 2 is 1.50 bits per heavy atom. The summed E-state index contributed by atoms with van der Waals surface area (Å²) < 4.78 is 0. The van der Waals surface area contributed by atoms with Crippen LogP contribution in [0.1, 0.15) is 19.8 Å². The summed E-state index contributed by atoms with van der Waals surface area (Å²) >= 11 is 3.82. The van der Waals surface area contributed by atoms with E-state index in [0.717, 1.165) is 0 Å². The molecule has 0 nitrogen and oxygen atoms in total. The molecule has 0 saturated heterocycles. The Morgan fingerprint density at radius 1 is 0.833 bits per heavy atom. The van der Waals surface area contributed by atoms with Crippen molar-refractivity contribution in [2.24, 2.45) is 0 Å². The molecule has 0 fully saturated rings. The molecule has 2 rings (SSSR count). The average molecular weight is 274 g/mol. The van der Waals surface area contributed by atoms with Gasteiger partial charge in [0.25, 0.3) is 0 Å². The van der Waals surface area contributed by atoms with Crippen LogP contribution >= 0.6 is 23.5 Å². The molecule has 0 aromatic heterocycles. The summed E-state index contributed by atoms with van der Waals surface area (Å²) in [6, 6.07) is 19.3. The molecule has 0 atom stereocenters. The fourth-order valence-electron chi connectivity index (χ4n) is 1.60. The zero-order valence-corrected chi connectivity index (χ0v) is 12.3. The molecular weight excluding hydrogens is 256 g/mol. The maximum absolute atomic E-state index is 2.24. The summed E-state index contributed by atoms with van der Waals surface area (Å²) in [6.07, 6.45) is 2.55. The van der Waals surface area contributed by atoms with E-state index in [1.165, 1.54) is 33.3 Å². The first-order valence-corrected chi connectivity index (χ1v) is 8.15. The summed E-state index contributed by atoms with van der Waals surface area (Å²) in [4.78, 5) is 4.07. The largest absolute Gasteiger partial charge is 0.125 e. The Labute approximate surface area is 118 Å². The third kappa shape index (κ3) is 4.11. The van der Waals surface area contributed by atoms with Gasteiger partial charge in [-0.1, -0.05) is 55.4 Å². The SMILES string of the molecule is CCCCSc1ccccc1Sc1ccccc1. The highest BCUT2D eigenvalue weighted by Crippen LogP contribution is 2.35. The zero-order valence-electron chi connectivity index (χ0n) is 10.6. The minimum absolute atomic E-state index is 1.21. The highest BCUT2D eigenvalue weighted by atomic mass is 32.2. The molecule has 0 spiro atoms. The summed E-state index contributed by atoms with van der Waals surface area (Å²) in [5.41, 5.74) is 0. The van der Waals surface area contributed by atoms with Gasteiger partial charge >= 0.3 is 0 Å². The van der Waals surface area contributed by atoms with Gasteiger partial charge in [-0.25, -0.2) is 0 Å². The van der Waals surface area contributed by atoms with Gasteiger partial charge < -0.3 is 0 Å². The van der Waals surface area contributed by atoms with Gasteiger partial charge in [0, 0.05) is 14.7 Å². The standard InChI is InChI=1S/C16H18S2/c1-2-3-13-17-15-11-7-8-12-16(15)18-14-9-5-4-6-10-14/h4-12H,2-3,13H2,1H3. The van der Waals surface area contributed by atoms with E-state index in [2.05, 4.69) is 61.5 Å². The fraction of sp³-hybridized carbons (Fsp3) is 0.250. The topological polar surface area (TPSA) is 0 Å². The van der Waals surface area contributed by atoms with Crippen LogP contribution in [0.3, 0.4) is 0 Å². The maximum Gasteiger partial charge on any atom is 0.0258 e. The molecule has 94 valence electrons. The minimum atomic E-state index is 1.21. The zero-order chi connectivity index (χ0) is 12.6. The summed E-state index contributed by atoms with van der Waals surface area (Å²) in [5.74, 6) is 1.21. The monoisotopic (exact) mass is 274 g/mol. The van der Waals surface area contributed by atoms with Crippen molar-refractivity contribution < 1.29 is 0 Å². The molecule has 0 aliphatic heterocycles. The Morgan fingerprint density at radius 3 is 2.22 bits per heavy atom. The van der Waals surface area contributed by atoms with E-state index in [1.807, 2.05) is 23.5 Å². The Hall–Kier alpha value is -0.860. The molecule has 0 aliphatic rings. The predicted octanol–water partition coefficient (Wildman–Crippen LogP) is 5.73. The first-order chi connectivity index (χ1) is 8.90. The number of benzene rings is 2. The van der Waals surface area contributed by atoms with Gasteiger partial charge in [0.2, 0.25) is 0 Å². The van der Waals surface area contributed by atoms with Crippen LogP contribution in [0.15, 0.2) is 69.3 Å². The molecule has 0 heterocycles. The van der Waals surface area contributed by atoms with Crippen molar-refractivity contribution >= 4 is 23.5 Å². The van der Waals surface area contributed by atoms with Crippen molar-refractivity contribution in [1.82, 2.24) is 0 Å². The Kier molecular flexibility index (Phi) is 5.69. The van der Waals surface area contributed by atoms with Gasteiger partial charge in [-0.2, -0.15) is 0 Å². The molecule has 0 amide bonds. The minimum Gasteiger partial charge on any atom is -0.125 e. The molecule has 2 aromatic carbocycles. The molecular formula is C16H18S2. The molecule has 0 saturated carbocycles. The number of hydrogen-bond donors (Lipinski definition) is 0. The molecule has 0 aliphatic carbocycles. The first-order valence-electron chi connectivity index (χ1n) is 6.35. The van der Waals surface area contributed by atoms with E-state index in [-0.39, 0.29) is 0 Å². The lowest BCUT2D eigenvalue weighted by atomic mass is 10.4. The van der Waals surface area contributed by atoms with Gasteiger partial charge in [0.05, 0.1) is 0 Å². The first kappa shape index (κ1) is 13.6. The van der Waals surface area contributed by atoms with Crippen molar-refractivity contribution in [3.8, 4) is 0 Å². The smallest absolute Gasteiger partial charge is 0.0258 e. The molecule has 0 N–H and O–H groups in total. The normalized spacial score (nSPS) is 10.5. The van der Waals surface area contributed by atoms with Crippen molar-refractivity contribution in [2.75, 3.05) is 5.75 Å². The van der Waals surface area contributed by atoms with Crippen molar-refractivity contribution in [2.45, 2.75) is 34.5 Å². The lowest BCUT2D eigenvalue weighted by molar-refractivity contribution is 0.895. The molecule has 18 heavy (non-hydrogen) atoms. The summed E-state index contributed by atoms with van der Waals surface area (Å²) in [6.45, 7) is 2.24. The van der Waals surface area contributed by atoms with E-state index in [4.69, 9.17) is 0 Å². The lowest BCUT2D eigenvalue weighted by Gasteiger charge is -2.08. The van der Waals surface area contributed by atoms with Crippen LogP contribution in [0.5, 0.6) is 0 Å². The molecule has 2 heteroatoms. The Bertz CT molecular complexity index is 466. The second kappa shape index (κ2) is 7.55. The number of hydrogen-bond acceptors (Lipinski definition) is 2. The lowest BCUT2D eigenvalue weighted by Crippen LogP contribution is -1.82. The molecule has 0 unspecified atom stereocenters. The second-order valence-electron chi connectivity index (χ2n) is 4.06.